The molecule has 0 aliphatic carbocycles. The molecule has 0 unspecified atom stereocenters. The maximum absolute atomic E-state index is 11.9. The molecule has 9 nitrogen and oxygen atoms in total. The van der Waals surface area contributed by atoms with Gasteiger partial charge in [0.15, 0.2) is 5.69 Å². The number of pyridine rings is 1. The van der Waals surface area contributed by atoms with Crippen molar-refractivity contribution in [2.24, 2.45) is 0 Å². The minimum Gasteiger partial charge on any atom is -0.368 e. The van der Waals surface area contributed by atoms with Crippen molar-refractivity contribution in [1.29, 1.82) is 0 Å². The van der Waals surface area contributed by atoms with Crippen LogP contribution in [0.5, 0.6) is 0 Å². The molecule has 0 aliphatic rings. The molecule has 0 bridgehead atoms. The third-order valence-electron chi connectivity index (χ3n) is 3.59. The van der Waals surface area contributed by atoms with Crippen LogP contribution in [0.15, 0.2) is 35.0 Å². The molecule has 0 atom stereocenters. The number of nitrogens with zero attached hydrogens (tertiary/aromatic N) is 4. The van der Waals surface area contributed by atoms with Gasteiger partial charge in [0.25, 0.3) is 5.91 Å². The first-order valence-electron chi connectivity index (χ1n) is 8.50. The van der Waals surface area contributed by atoms with E-state index in [0.29, 0.717) is 42.1 Å². The molecule has 3 aromatic rings. The third kappa shape index (κ3) is 5.24. The van der Waals surface area contributed by atoms with Gasteiger partial charge in [0.05, 0.1) is 0 Å². The van der Waals surface area contributed by atoms with Crippen molar-refractivity contribution >= 4 is 23.4 Å². The Labute approximate surface area is 156 Å². The molecule has 3 N–H and O–H groups in total. The van der Waals surface area contributed by atoms with Gasteiger partial charge in [0.1, 0.15) is 29.0 Å². The Morgan fingerprint density at radius 2 is 1.85 bits per heavy atom. The van der Waals surface area contributed by atoms with Crippen LogP contribution in [0.1, 0.15) is 27.6 Å². The molecule has 1 amide bonds. The van der Waals surface area contributed by atoms with Crippen molar-refractivity contribution in [3.8, 4) is 0 Å². The first-order valence-corrected chi connectivity index (χ1v) is 8.50. The van der Waals surface area contributed by atoms with E-state index in [4.69, 9.17) is 4.52 Å². The Morgan fingerprint density at radius 1 is 1.04 bits per heavy atom. The van der Waals surface area contributed by atoms with Crippen LogP contribution in [0, 0.1) is 20.8 Å². The number of amides is 1. The molecule has 27 heavy (non-hydrogen) atoms. The number of hydrogen-bond acceptors (Lipinski definition) is 8. The van der Waals surface area contributed by atoms with Crippen molar-refractivity contribution in [3.05, 3.63) is 53.3 Å². The highest BCUT2D eigenvalue weighted by Crippen LogP contribution is 2.16. The van der Waals surface area contributed by atoms with Gasteiger partial charge in [-0.3, -0.25) is 4.79 Å². The fraction of sp³-hybridized carbons (Fsp3) is 0.278. The van der Waals surface area contributed by atoms with Crippen molar-refractivity contribution in [2.45, 2.75) is 20.8 Å². The fourth-order valence-electron chi connectivity index (χ4n) is 2.39. The lowest BCUT2D eigenvalue weighted by Gasteiger charge is -2.10. The van der Waals surface area contributed by atoms with E-state index in [1.54, 1.807) is 25.3 Å². The summed E-state index contributed by atoms with van der Waals surface area (Å²) in [5.74, 6) is 2.96. The zero-order valence-corrected chi connectivity index (χ0v) is 15.4. The summed E-state index contributed by atoms with van der Waals surface area (Å²) in [6.07, 6.45) is 1.74. The molecule has 0 saturated heterocycles. The zero-order chi connectivity index (χ0) is 19.2. The van der Waals surface area contributed by atoms with Crippen LogP contribution in [0.2, 0.25) is 0 Å². The van der Waals surface area contributed by atoms with Gasteiger partial charge < -0.3 is 20.5 Å². The molecule has 0 fully saturated rings. The van der Waals surface area contributed by atoms with E-state index in [0.717, 1.165) is 5.56 Å². The highest BCUT2D eigenvalue weighted by Gasteiger charge is 2.10. The van der Waals surface area contributed by atoms with Gasteiger partial charge in [-0.1, -0.05) is 5.16 Å². The molecule has 3 heterocycles. The summed E-state index contributed by atoms with van der Waals surface area (Å²) in [6.45, 7) is 6.46. The van der Waals surface area contributed by atoms with Gasteiger partial charge in [0.2, 0.25) is 0 Å². The first kappa shape index (κ1) is 18.3. The van der Waals surface area contributed by atoms with Gasteiger partial charge in [-0.25, -0.2) is 15.0 Å². The highest BCUT2D eigenvalue weighted by atomic mass is 16.5. The normalized spacial score (nSPS) is 10.5. The van der Waals surface area contributed by atoms with E-state index in [1.165, 1.54) is 0 Å². The van der Waals surface area contributed by atoms with Crippen molar-refractivity contribution in [1.82, 2.24) is 25.4 Å². The number of aryl methyl sites for hydroxylation is 3. The number of nitrogens with one attached hydrogen (secondary N) is 3. The minimum absolute atomic E-state index is 0.266. The van der Waals surface area contributed by atoms with E-state index >= 15 is 0 Å². The molecule has 0 saturated carbocycles. The lowest BCUT2D eigenvalue weighted by Crippen LogP contribution is -2.29. The maximum Gasteiger partial charge on any atom is 0.273 e. The summed E-state index contributed by atoms with van der Waals surface area (Å²) in [5, 5.41) is 12.8. The van der Waals surface area contributed by atoms with Crippen LogP contribution in [-0.4, -0.2) is 39.1 Å². The van der Waals surface area contributed by atoms with Gasteiger partial charge >= 0.3 is 0 Å². The van der Waals surface area contributed by atoms with Crippen LogP contribution in [0.3, 0.4) is 0 Å². The van der Waals surface area contributed by atoms with Gasteiger partial charge in [-0.15, -0.1) is 0 Å². The van der Waals surface area contributed by atoms with E-state index < -0.39 is 0 Å². The molecule has 140 valence electrons. The lowest BCUT2D eigenvalue weighted by molar-refractivity contribution is 0.0946. The Kier molecular flexibility index (Phi) is 5.60. The van der Waals surface area contributed by atoms with Gasteiger partial charge in [-0.05, 0) is 38.5 Å². The molecule has 3 rings (SSSR count). The van der Waals surface area contributed by atoms with E-state index in [2.05, 4.69) is 36.1 Å². The Bertz CT molecular complexity index is 939. The van der Waals surface area contributed by atoms with Crippen LogP contribution in [-0.2, 0) is 0 Å². The Balaban J connectivity index is 1.54. The summed E-state index contributed by atoms with van der Waals surface area (Å²) in [5.41, 5.74) is 1.37. The minimum atomic E-state index is -0.277. The standard InChI is InChI=1S/C18H21N7O2/c1-11-4-5-19-15(8-11)24-17-10-16(22-13(3)23-17)20-6-7-21-18(26)14-9-12(2)27-25-14/h4-5,8-10H,6-7H2,1-3H3,(H,21,26)(H2,19,20,22,23,24). The summed E-state index contributed by atoms with van der Waals surface area (Å²) >= 11 is 0. The van der Waals surface area contributed by atoms with Crippen molar-refractivity contribution in [3.63, 3.8) is 0 Å². The quantitative estimate of drug-likeness (QED) is 0.545. The molecular formula is C18H21N7O2. The molecule has 3 aromatic heterocycles. The summed E-state index contributed by atoms with van der Waals surface area (Å²) < 4.78 is 4.89. The second-order valence-corrected chi connectivity index (χ2v) is 6.03. The number of anilines is 3. The molecule has 9 heteroatoms. The van der Waals surface area contributed by atoms with Gasteiger partial charge in [-0.2, -0.15) is 0 Å². The van der Waals surface area contributed by atoms with E-state index in [9.17, 15) is 4.79 Å². The largest absolute Gasteiger partial charge is 0.368 e. The average molecular weight is 367 g/mol. The predicted molar refractivity (Wildman–Crippen MR) is 101 cm³/mol. The molecule has 0 radical (unpaired) electrons. The summed E-state index contributed by atoms with van der Waals surface area (Å²) in [4.78, 5) is 24.9. The monoisotopic (exact) mass is 367 g/mol. The fourth-order valence-corrected chi connectivity index (χ4v) is 2.39. The summed E-state index contributed by atoms with van der Waals surface area (Å²) in [6, 6.07) is 7.25. The number of carbonyl (C=O) groups excluding carboxylic acids is 1. The molecule has 0 spiro atoms. The molecule has 0 aliphatic heterocycles. The predicted octanol–water partition coefficient (Wildman–Crippen LogP) is 2.37. The first-order chi connectivity index (χ1) is 13.0. The van der Waals surface area contributed by atoms with Crippen molar-refractivity contribution < 1.29 is 9.32 Å². The van der Waals surface area contributed by atoms with Crippen LogP contribution >= 0.6 is 0 Å². The zero-order valence-electron chi connectivity index (χ0n) is 15.4. The van der Waals surface area contributed by atoms with Crippen LogP contribution < -0.4 is 16.0 Å². The second-order valence-electron chi connectivity index (χ2n) is 6.03. The second kappa shape index (κ2) is 8.26. The maximum atomic E-state index is 11.9. The molecular weight excluding hydrogens is 346 g/mol. The molecule has 0 aromatic carbocycles. The van der Waals surface area contributed by atoms with E-state index in [-0.39, 0.29) is 11.6 Å². The smallest absolute Gasteiger partial charge is 0.273 e. The van der Waals surface area contributed by atoms with Crippen molar-refractivity contribution in [2.75, 3.05) is 23.7 Å². The number of carbonyl (C=O) groups is 1. The van der Waals surface area contributed by atoms with Crippen LogP contribution in [0.4, 0.5) is 17.5 Å². The number of hydrogen-bond donors (Lipinski definition) is 3. The van der Waals surface area contributed by atoms with Crippen LogP contribution in [0.25, 0.3) is 0 Å². The highest BCUT2D eigenvalue weighted by molar-refractivity contribution is 5.92. The average Bonchev–Trinajstić information content (AvgIpc) is 3.05. The third-order valence-corrected chi connectivity index (χ3v) is 3.59. The number of rotatable bonds is 7. The van der Waals surface area contributed by atoms with E-state index in [1.807, 2.05) is 26.0 Å². The SMILES string of the molecule is Cc1ccnc(Nc2cc(NCCNC(=O)c3cc(C)on3)nc(C)n2)c1. The topological polar surface area (TPSA) is 118 Å². The Hall–Kier alpha value is -3.49. The lowest BCUT2D eigenvalue weighted by atomic mass is 10.3. The van der Waals surface area contributed by atoms with Gasteiger partial charge in [0, 0.05) is 31.4 Å². The number of aromatic nitrogens is 4. The summed E-state index contributed by atoms with van der Waals surface area (Å²) in [7, 11) is 0. The Morgan fingerprint density at radius 3 is 2.59 bits per heavy atom.